The number of piperidine rings is 1. The number of fused-ring (bicyclic) bond motifs is 1. The van der Waals surface area contributed by atoms with Crippen LogP contribution in [0.1, 0.15) is 23.2 Å². The average Bonchev–Trinajstić information content (AvgIpc) is 3.16. The zero-order chi connectivity index (χ0) is 17.9. The first-order valence-corrected chi connectivity index (χ1v) is 8.58. The Morgan fingerprint density at radius 1 is 1.23 bits per heavy atom. The summed E-state index contributed by atoms with van der Waals surface area (Å²) in [5, 5.41) is 3.37. The van der Waals surface area contributed by atoms with Crippen LogP contribution in [0.4, 0.5) is 5.82 Å². The maximum absolute atomic E-state index is 12.8. The molecule has 1 aliphatic rings. The lowest BCUT2D eigenvalue weighted by atomic mass is 10.0. The second-order valence-electron chi connectivity index (χ2n) is 6.26. The first-order chi connectivity index (χ1) is 12.7. The van der Waals surface area contributed by atoms with Crippen LogP contribution >= 0.6 is 0 Å². The van der Waals surface area contributed by atoms with Crippen LogP contribution in [0, 0.1) is 0 Å². The lowest BCUT2D eigenvalue weighted by Gasteiger charge is -2.32. The molecule has 3 aromatic rings. The third-order valence-electron chi connectivity index (χ3n) is 4.65. The molecule has 134 valence electrons. The van der Waals surface area contributed by atoms with Crippen molar-refractivity contribution >= 4 is 22.8 Å². The third-order valence-corrected chi connectivity index (χ3v) is 4.65. The molecule has 8 nitrogen and oxygen atoms in total. The lowest BCUT2D eigenvalue weighted by molar-refractivity contribution is 0.0718. The van der Waals surface area contributed by atoms with Crippen LogP contribution in [0.5, 0.6) is 5.88 Å². The average molecular weight is 352 g/mol. The van der Waals surface area contributed by atoms with Crippen molar-refractivity contribution in [3.63, 3.8) is 0 Å². The summed E-state index contributed by atoms with van der Waals surface area (Å²) in [6.07, 6.45) is 6.56. The maximum Gasteiger partial charge on any atom is 0.257 e. The van der Waals surface area contributed by atoms with E-state index in [1.165, 1.54) is 0 Å². The summed E-state index contributed by atoms with van der Waals surface area (Å²) in [7, 11) is 1.58. The molecule has 0 spiro atoms. The van der Waals surface area contributed by atoms with Gasteiger partial charge in [0.05, 0.1) is 24.5 Å². The highest BCUT2D eigenvalue weighted by atomic mass is 16.5. The quantitative estimate of drug-likeness (QED) is 0.746. The Balaban J connectivity index is 1.39. The van der Waals surface area contributed by atoms with Gasteiger partial charge in [0.2, 0.25) is 0 Å². The Morgan fingerprint density at radius 3 is 2.85 bits per heavy atom. The van der Waals surface area contributed by atoms with Crippen LogP contribution in [0.3, 0.4) is 0 Å². The summed E-state index contributed by atoms with van der Waals surface area (Å²) in [6.45, 7) is 1.39. The number of anilines is 1. The predicted molar refractivity (Wildman–Crippen MR) is 97.2 cm³/mol. The molecule has 2 aromatic heterocycles. The number of carbonyl (C=O) groups is 1. The van der Waals surface area contributed by atoms with Crippen LogP contribution in [0.2, 0.25) is 0 Å². The fourth-order valence-electron chi connectivity index (χ4n) is 3.25. The highest BCUT2D eigenvalue weighted by Gasteiger charge is 2.24. The molecule has 4 rings (SSSR count). The second-order valence-corrected chi connectivity index (χ2v) is 6.26. The van der Waals surface area contributed by atoms with Crippen molar-refractivity contribution in [1.29, 1.82) is 0 Å². The molecule has 0 atom stereocenters. The number of amides is 1. The molecule has 0 aliphatic carbocycles. The van der Waals surface area contributed by atoms with E-state index in [1.807, 2.05) is 23.1 Å². The number of aromatic nitrogens is 4. The SMILES string of the molecule is COc1nccnc1NC1CCN(C(=O)c2ccc3nc[nH]c3c2)CC1. The van der Waals surface area contributed by atoms with Crippen LogP contribution in [0.25, 0.3) is 11.0 Å². The van der Waals surface area contributed by atoms with Gasteiger partial charge in [-0.3, -0.25) is 4.79 Å². The topological polar surface area (TPSA) is 96.0 Å². The minimum atomic E-state index is 0.0528. The summed E-state index contributed by atoms with van der Waals surface area (Å²) in [6, 6.07) is 5.80. The smallest absolute Gasteiger partial charge is 0.257 e. The zero-order valence-electron chi connectivity index (χ0n) is 14.5. The summed E-state index contributed by atoms with van der Waals surface area (Å²) in [5.74, 6) is 1.18. The number of aromatic amines is 1. The Morgan fingerprint density at radius 2 is 2.04 bits per heavy atom. The maximum atomic E-state index is 12.8. The second kappa shape index (κ2) is 6.99. The largest absolute Gasteiger partial charge is 0.478 e. The molecule has 3 heterocycles. The van der Waals surface area contributed by atoms with Crippen molar-refractivity contribution < 1.29 is 9.53 Å². The Hall–Kier alpha value is -3.16. The zero-order valence-corrected chi connectivity index (χ0v) is 14.5. The number of nitrogens with one attached hydrogen (secondary N) is 2. The lowest BCUT2D eigenvalue weighted by Crippen LogP contribution is -2.42. The van der Waals surface area contributed by atoms with Gasteiger partial charge < -0.3 is 19.9 Å². The number of benzene rings is 1. The number of likely N-dealkylation sites (tertiary alicyclic amines) is 1. The monoisotopic (exact) mass is 352 g/mol. The van der Waals surface area contributed by atoms with Gasteiger partial charge >= 0.3 is 0 Å². The molecule has 1 saturated heterocycles. The van der Waals surface area contributed by atoms with Gasteiger partial charge in [0, 0.05) is 37.1 Å². The molecule has 0 unspecified atom stereocenters. The number of carbonyl (C=O) groups excluding carboxylic acids is 1. The standard InChI is InChI=1S/C18H20N6O2/c1-26-17-16(19-6-7-20-17)23-13-4-8-24(9-5-13)18(25)12-2-3-14-15(10-12)22-11-21-14/h2-3,6-7,10-11,13H,4-5,8-9H2,1H3,(H,19,23)(H,21,22). The molecule has 8 heteroatoms. The molecule has 0 radical (unpaired) electrons. The number of H-pyrrole nitrogens is 1. The molecule has 1 aliphatic heterocycles. The van der Waals surface area contributed by atoms with Gasteiger partial charge in [-0.2, -0.15) is 0 Å². The summed E-state index contributed by atoms with van der Waals surface area (Å²) in [4.78, 5) is 30.3. The summed E-state index contributed by atoms with van der Waals surface area (Å²) < 4.78 is 5.22. The van der Waals surface area contributed by atoms with E-state index in [-0.39, 0.29) is 11.9 Å². The van der Waals surface area contributed by atoms with Crippen molar-refractivity contribution in [2.45, 2.75) is 18.9 Å². The number of hydrogen-bond donors (Lipinski definition) is 2. The molecule has 1 fully saturated rings. The molecule has 2 N–H and O–H groups in total. The van der Waals surface area contributed by atoms with Crippen molar-refractivity contribution in [3.05, 3.63) is 42.5 Å². The van der Waals surface area contributed by atoms with E-state index in [0.29, 0.717) is 30.4 Å². The first-order valence-electron chi connectivity index (χ1n) is 8.58. The predicted octanol–water partition coefficient (Wildman–Crippen LogP) is 2.08. The van der Waals surface area contributed by atoms with Gasteiger partial charge in [-0.25, -0.2) is 15.0 Å². The van der Waals surface area contributed by atoms with Crippen molar-refractivity contribution in [1.82, 2.24) is 24.8 Å². The van der Waals surface area contributed by atoms with Crippen LogP contribution < -0.4 is 10.1 Å². The molecular formula is C18H20N6O2. The van der Waals surface area contributed by atoms with Gasteiger partial charge in [0.15, 0.2) is 5.82 Å². The van der Waals surface area contributed by atoms with Crippen LogP contribution in [-0.2, 0) is 0 Å². The summed E-state index contributed by atoms with van der Waals surface area (Å²) >= 11 is 0. The van der Waals surface area contributed by atoms with Gasteiger partial charge in [-0.1, -0.05) is 0 Å². The Kier molecular flexibility index (Phi) is 4.39. The number of hydrogen-bond acceptors (Lipinski definition) is 6. The Bertz CT molecular complexity index is 917. The van der Waals surface area contributed by atoms with E-state index in [2.05, 4.69) is 25.3 Å². The van der Waals surface area contributed by atoms with Gasteiger partial charge in [-0.05, 0) is 31.0 Å². The number of rotatable bonds is 4. The van der Waals surface area contributed by atoms with Gasteiger partial charge in [-0.15, -0.1) is 0 Å². The van der Waals surface area contributed by atoms with Crippen molar-refractivity contribution in [2.24, 2.45) is 0 Å². The fourth-order valence-corrected chi connectivity index (χ4v) is 3.25. The van der Waals surface area contributed by atoms with Crippen molar-refractivity contribution in [3.8, 4) is 5.88 Å². The molecule has 1 amide bonds. The molecule has 1 aromatic carbocycles. The summed E-state index contributed by atoms with van der Waals surface area (Å²) in [5.41, 5.74) is 2.42. The highest BCUT2D eigenvalue weighted by molar-refractivity contribution is 5.97. The number of methoxy groups -OCH3 is 1. The van der Waals surface area contributed by atoms with Gasteiger partial charge in [0.1, 0.15) is 0 Å². The minimum Gasteiger partial charge on any atom is -0.478 e. The number of imidazole rings is 1. The molecule has 0 bridgehead atoms. The number of ether oxygens (including phenoxy) is 1. The fraction of sp³-hybridized carbons (Fsp3) is 0.333. The first kappa shape index (κ1) is 16.3. The van der Waals surface area contributed by atoms with E-state index >= 15 is 0 Å². The minimum absolute atomic E-state index is 0.0528. The molecular weight excluding hydrogens is 332 g/mol. The third kappa shape index (κ3) is 3.17. The number of nitrogens with zero attached hydrogens (tertiary/aromatic N) is 4. The van der Waals surface area contributed by atoms with Crippen LogP contribution in [-0.4, -0.2) is 57.0 Å². The van der Waals surface area contributed by atoms with E-state index in [0.717, 1.165) is 23.9 Å². The van der Waals surface area contributed by atoms with E-state index < -0.39 is 0 Å². The van der Waals surface area contributed by atoms with E-state index in [4.69, 9.17) is 4.74 Å². The normalized spacial score (nSPS) is 15.2. The van der Waals surface area contributed by atoms with E-state index in [1.54, 1.807) is 25.8 Å². The van der Waals surface area contributed by atoms with Crippen LogP contribution in [0.15, 0.2) is 36.9 Å². The van der Waals surface area contributed by atoms with Crippen molar-refractivity contribution in [2.75, 3.05) is 25.5 Å². The molecule has 26 heavy (non-hydrogen) atoms. The van der Waals surface area contributed by atoms with Gasteiger partial charge in [0.25, 0.3) is 11.8 Å². The molecule has 0 saturated carbocycles. The highest BCUT2D eigenvalue weighted by Crippen LogP contribution is 2.22. The van der Waals surface area contributed by atoms with E-state index in [9.17, 15) is 4.79 Å². The Labute approximate surface area is 150 Å².